The minimum atomic E-state index is 0.0196. The number of hydrogen-bond donors (Lipinski definition) is 1. The molecule has 0 bridgehead atoms. The summed E-state index contributed by atoms with van der Waals surface area (Å²) in [4.78, 5) is 27.6. The van der Waals surface area contributed by atoms with Gasteiger partial charge in [-0.1, -0.05) is 41.7 Å². The molecule has 1 aliphatic heterocycles. The fourth-order valence-corrected chi connectivity index (χ4v) is 4.46. The standard InChI is InChI=1S/C19H25N3O2S/c1-13-14(2)25-19(24)22(13)9-8-18(23)21-11-16(10-20)17(12-21)15-6-4-3-5-7-15/h3-7,16-17H,8-12,20H2,1-2H3/t16-,17+/m1/s1. The third kappa shape index (κ3) is 3.70. The van der Waals surface area contributed by atoms with E-state index in [4.69, 9.17) is 5.73 Å². The number of likely N-dealkylation sites (tertiary alicyclic amines) is 1. The first kappa shape index (κ1) is 17.9. The van der Waals surface area contributed by atoms with Gasteiger partial charge in [0.1, 0.15) is 0 Å². The van der Waals surface area contributed by atoms with E-state index in [1.54, 1.807) is 4.57 Å². The van der Waals surface area contributed by atoms with Gasteiger partial charge in [0.05, 0.1) is 0 Å². The summed E-state index contributed by atoms with van der Waals surface area (Å²) in [5.74, 6) is 0.689. The first-order valence-electron chi connectivity index (χ1n) is 8.71. The van der Waals surface area contributed by atoms with Gasteiger partial charge in [-0.2, -0.15) is 0 Å². The van der Waals surface area contributed by atoms with Crippen molar-refractivity contribution < 1.29 is 4.79 Å². The Labute approximate surface area is 152 Å². The Kier molecular flexibility index (Phi) is 5.39. The van der Waals surface area contributed by atoms with Crippen LogP contribution in [0.5, 0.6) is 0 Å². The second-order valence-corrected chi connectivity index (χ2v) is 7.89. The average Bonchev–Trinajstić information content (AvgIpc) is 3.16. The van der Waals surface area contributed by atoms with Gasteiger partial charge in [0.2, 0.25) is 5.91 Å². The summed E-state index contributed by atoms with van der Waals surface area (Å²) in [6.45, 7) is 6.31. The number of hydrogen-bond acceptors (Lipinski definition) is 4. The zero-order valence-electron chi connectivity index (χ0n) is 14.8. The molecule has 3 rings (SSSR count). The summed E-state index contributed by atoms with van der Waals surface area (Å²) in [5.41, 5.74) is 8.16. The average molecular weight is 359 g/mol. The molecule has 5 nitrogen and oxygen atoms in total. The van der Waals surface area contributed by atoms with Gasteiger partial charge in [-0.25, -0.2) is 0 Å². The van der Waals surface area contributed by atoms with Crippen molar-refractivity contribution in [1.29, 1.82) is 0 Å². The van der Waals surface area contributed by atoms with Crippen molar-refractivity contribution in [3.8, 4) is 0 Å². The van der Waals surface area contributed by atoms with Crippen molar-refractivity contribution in [2.45, 2.75) is 32.7 Å². The second-order valence-electron chi connectivity index (χ2n) is 6.72. The van der Waals surface area contributed by atoms with Gasteiger partial charge in [-0.05, 0) is 31.9 Å². The number of thiazole rings is 1. The van der Waals surface area contributed by atoms with Crippen LogP contribution in [0.25, 0.3) is 0 Å². The molecule has 1 aliphatic rings. The number of carbonyl (C=O) groups excluding carboxylic acids is 1. The summed E-state index contributed by atoms with van der Waals surface area (Å²) >= 11 is 1.25. The van der Waals surface area contributed by atoms with Crippen molar-refractivity contribution in [3.05, 3.63) is 56.1 Å². The maximum absolute atomic E-state index is 12.7. The van der Waals surface area contributed by atoms with Gasteiger partial charge in [0.25, 0.3) is 0 Å². The normalized spacial score (nSPS) is 20.2. The number of nitrogens with two attached hydrogens (primary N) is 1. The van der Waals surface area contributed by atoms with Crippen LogP contribution >= 0.6 is 11.3 Å². The van der Waals surface area contributed by atoms with Crippen LogP contribution in [-0.4, -0.2) is 35.0 Å². The van der Waals surface area contributed by atoms with E-state index in [1.807, 2.05) is 36.9 Å². The Bertz CT molecular complexity index is 797. The molecule has 0 spiro atoms. The molecular formula is C19H25N3O2S. The smallest absolute Gasteiger partial charge is 0.307 e. The lowest BCUT2D eigenvalue weighted by Crippen LogP contribution is -2.31. The Morgan fingerprint density at radius 3 is 2.56 bits per heavy atom. The predicted molar refractivity (Wildman–Crippen MR) is 101 cm³/mol. The van der Waals surface area contributed by atoms with E-state index in [1.165, 1.54) is 16.9 Å². The van der Waals surface area contributed by atoms with Crippen molar-refractivity contribution in [1.82, 2.24) is 9.47 Å². The first-order chi connectivity index (χ1) is 12.0. The fraction of sp³-hybridized carbons (Fsp3) is 0.474. The summed E-state index contributed by atoms with van der Waals surface area (Å²) in [6.07, 6.45) is 0.357. The van der Waals surface area contributed by atoms with Crippen LogP contribution in [0.4, 0.5) is 0 Å². The highest BCUT2D eigenvalue weighted by molar-refractivity contribution is 7.09. The maximum Gasteiger partial charge on any atom is 0.307 e. The molecule has 2 heterocycles. The van der Waals surface area contributed by atoms with Crippen LogP contribution < -0.4 is 10.6 Å². The molecule has 134 valence electrons. The molecular weight excluding hydrogens is 334 g/mol. The third-order valence-corrected chi connectivity index (χ3v) is 6.25. The Morgan fingerprint density at radius 1 is 1.24 bits per heavy atom. The molecule has 25 heavy (non-hydrogen) atoms. The molecule has 0 aliphatic carbocycles. The van der Waals surface area contributed by atoms with E-state index in [0.717, 1.165) is 10.6 Å². The molecule has 2 N–H and O–H groups in total. The molecule has 1 fully saturated rings. The Hall–Kier alpha value is -1.92. The van der Waals surface area contributed by atoms with Gasteiger partial charge in [-0.15, -0.1) is 0 Å². The predicted octanol–water partition coefficient (Wildman–Crippen LogP) is 2.12. The SMILES string of the molecule is Cc1sc(=O)n(CCC(=O)N2C[C@@H](CN)[C@H](c3ccccc3)C2)c1C. The number of amides is 1. The lowest BCUT2D eigenvalue weighted by molar-refractivity contribution is -0.130. The summed E-state index contributed by atoms with van der Waals surface area (Å²) in [6, 6.07) is 10.3. The molecule has 0 radical (unpaired) electrons. The summed E-state index contributed by atoms with van der Waals surface area (Å²) in [5, 5.41) is 0. The van der Waals surface area contributed by atoms with E-state index in [0.29, 0.717) is 44.4 Å². The zero-order chi connectivity index (χ0) is 18.0. The Morgan fingerprint density at radius 2 is 1.96 bits per heavy atom. The molecule has 1 aromatic heterocycles. The highest BCUT2D eigenvalue weighted by Crippen LogP contribution is 2.32. The number of aryl methyl sites for hydroxylation is 1. The lowest BCUT2D eigenvalue weighted by atomic mass is 9.89. The van der Waals surface area contributed by atoms with E-state index in [2.05, 4.69) is 12.1 Å². The minimum absolute atomic E-state index is 0.0196. The highest BCUT2D eigenvalue weighted by atomic mass is 32.1. The number of benzene rings is 1. The molecule has 1 aromatic carbocycles. The number of aromatic nitrogens is 1. The lowest BCUT2D eigenvalue weighted by Gasteiger charge is -2.17. The first-order valence-corrected chi connectivity index (χ1v) is 9.52. The number of rotatable bonds is 5. The fourth-order valence-electron chi connectivity index (χ4n) is 3.60. The largest absolute Gasteiger partial charge is 0.342 e. The van der Waals surface area contributed by atoms with Crippen molar-refractivity contribution >= 4 is 17.2 Å². The van der Waals surface area contributed by atoms with Gasteiger partial charge >= 0.3 is 4.87 Å². The van der Waals surface area contributed by atoms with E-state index < -0.39 is 0 Å². The van der Waals surface area contributed by atoms with Gasteiger partial charge < -0.3 is 15.2 Å². The van der Waals surface area contributed by atoms with Crippen molar-refractivity contribution in [3.63, 3.8) is 0 Å². The third-order valence-electron chi connectivity index (χ3n) is 5.25. The molecule has 2 aromatic rings. The van der Waals surface area contributed by atoms with Crippen LogP contribution in [0.15, 0.2) is 35.1 Å². The van der Waals surface area contributed by atoms with Crippen LogP contribution in [0.3, 0.4) is 0 Å². The topological polar surface area (TPSA) is 68.3 Å². The van der Waals surface area contributed by atoms with E-state index in [-0.39, 0.29) is 10.8 Å². The zero-order valence-corrected chi connectivity index (χ0v) is 15.6. The van der Waals surface area contributed by atoms with Crippen LogP contribution in [-0.2, 0) is 11.3 Å². The molecule has 6 heteroatoms. The van der Waals surface area contributed by atoms with E-state index >= 15 is 0 Å². The van der Waals surface area contributed by atoms with Crippen molar-refractivity contribution in [2.75, 3.05) is 19.6 Å². The number of nitrogens with zero attached hydrogens (tertiary/aromatic N) is 2. The molecule has 1 saturated heterocycles. The summed E-state index contributed by atoms with van der Waals surface area (Å²) < 4.78 is 1.71. The van der Waals surface area contributed by atoms with Crippen LogP contribution in [0.2, 0.25) is 0 Å². The summed E-state index contributed by atoms with van der Waals surface area (Å²) in [7, 11) is 0. The monoisotopic (exact) mass is 359 g/mol. The molecule has 2 atom stereocenters. The molecule has 0 unspecified atom stereocenters. The molecule has 0 saturated carbocycles. The van der Waals surface area contributed by atoms with Crippen LogP contribution in [0, 0.1) is 19.8 Å². The van der Waals surface area contributed by atoms with Crippen LogP contribution in [0.1, 0.15) is 28.5 Å². The van der Waals surface area contributed by atoms with Gasteiger partial charge in [-0.3, -0.25) is 9.59 Å². The Balaban J connectivity index is 1.66. The van der Waals surface area contributed by atoms with Gasteiger partial charge in [0, 0.05) is 42.5 Å². The van der Waals surface area contributed by atoms with Gasteiger partial charge in [0.15, 0.2) is 0 Å². The second kappa shape index (κ2) is 7.54. The molecule has 1 amide bonds. The van der Waals surface area contributed by atoms with Crippen molar-refractivity contribution in [2.24, 2.45) is 11.7 Å². The van der Waals surface area contributed by atoms with E-state index in [9.17, 15) is 9.59 Å². The minimum Gasteiger partial charge on any atom is -0.342 e. The highest BCUT2D eigenvalue weighted by Gasteiger charge is 2.35. The maximum atomic E-state index is 12.7. The quantitative estimate of drug-likeness (QED) is 0.889. The number of carbonyl (C=O) groups is 1.